The number of carbonyl (C=O) groups is 1. The van der Waals surface area contributed by atoms with Gasteiger partial charge in [-0.25, -0.2) is 9.07 Å². The molecular weight excluding hydrogens is 373 g/mol. The number of hydrogen-bond acceptors (Lipinski definition) is 5. The molecule has 1 amide bonds. The molecule has 1 aromatic carbocycles. The number of nitrogens with zero attached hydrogens (tertiary/aromatic N) is 5. The van der Waals surface area contributed by atoms with E-state index in [1.807, 2.05) is 16.8 Å². The van der Waals surface area contributed by atoms with Crippen LogP contribution in [0.4, 0.5) is 4.39 Å². The van der Waals surface area contributed by atoms with Crippen LogP contribution in [0, 0.1) is 5.82 Å². The van der Waals surface area contributed by atoms with E-state index in [9.17, 15) is 9.18 Å². The van der Waals surface area contributed by atoms with Crippen LogP contribution in [0.25, 0.3) is 0 Å². The molecule has 29 heavy (non-hydrogen) atoms. The van der Waals surface area contributed by atoms with Crippen LogP contribution in [0.15, 0.2) is 30.5 Å². The Bertz CT molecular complexity index is 811. The predicted molar refractivity (Wildman–Crippen MR) is 106 cm³/mol. The third-order valence-corrected chi connectivity index (χ3v) is 5.97. The molecule has 3 heterocycles. The number of morpholine rings is 1. The predicted octanol–water partition coefficient (Wildman–Crippen LogP) is 2.16. The highest BCUT2D eigenvalue weighted by Gasteiger charge is 2.26. The minimum absolute atomic E-state index is 0.0649. The largest absolute Gasteiger partial charge is 0.378 e. The Balaban J connectivity index is 1.29. The molecule has 0 spiro atoms. The van der Waals surface area contributed by atoms with Crippen molar-refractivity contribution >= 4 is 5.91 Å². The Hall–Kier alpha value is -2.32. The van der Waals surface area contributed by atoms with Crippen molar-refractivity contribution in [1.29, 1.82) is 0 Å². The third-order valence-electron chi connectivity index (χ3n) is 5.97. The Morgan fingerprint density at radius 3 is 2.55 bits per heavy atom. The molecule has 4 rings (SSSR count). The van der Waals surface area contributed by atoms with Gasteiger partial charge in [-0.3, -0.25) is 4.79 Å². The van der Waals surface area contributed by atoms with Gasteiger partial charge >= 0.3 is 0 Å². The van der Waals surface area contributed by atoms with Gasteiger partial charge in [0.2, 0.25) is 0 Å². The molecule has 0 saturated carbocycles. The van der Waals surface area contributed by atoms with Gasteiger partial charge in [0.25, 0.3) is 5.91 Å². The van der Waals surface area contributed by atoms with Gasteiger partial charge in [0.1, 0.15) is 5.82 Å². The highest BCUT2D eigenvalue weighted by Crippen LogP contribution is 2.24. The summed E-state index contributed by atoms with van der Waals surface area (Å²) in [7, 11) is 0. The summed E-state index contributed by atoms with van der Waals surface area (Å²) < 4.78 is 20.2. The maximum atomic E-state index is 13.1. The molecule has 0 N–H and O–H groups in total. The summed E-state index contributed by atoms with van der Waals surface area (Å²) in [6, 6.07) is 7.43. The van der Waals surface area contributed by atoms with Crippen molar-refractivity contribution in [2.24, 2.45) is 0 Å². The van der Waals surface area contributed by atoms with E-state index in [0.29, 0.717) is 38.0 Å². The second kappa shape index (κ2) is 9.00. The van der Waals surface area contributed by atoms with E-state index >= 15 is 0 Å². The van der Waals surface area contributed by atoms with E-state index in [1.54, 1.807) is 11.1 Å². The number of halogens is 1. The second-order valence-corrected chi connectivity index (χ2v) is 7.94. The van der Waals surface area contributed by atoms with Crippen LogP contribution in [-0.2, 0) is 11.2 Å². The summed E-state index contributed by atoms with van der Waals surface area (Å²) in [6.07, 6.45) is 4.65. The number of carbonyl (C=O) groups excluding carboxylic acids is 1. The summed E-state index contributed by atoms with van der Waals surface area (Å²) in [5.74, 6) is -0.258. The molecule has 8 heteroatoms. The van der Waals surface area contributed by atoms with Gasteiger partial charge in [0.05, 0.1) is 25.5 Å². The molecule has 2 aliphatic rings. The van der Waals surface area contributed by atoms with Crippen LogP contribution in [-0.4, -0.2) is 76.1 Å². The Morgan fingerprint density at radius 1 is 1.17 bits per heavy atom. The molecule has 0 aliphatic carbocycles. The summed E-state index contributed by atoms with van der Waals surface area (Å²) in [5, 5.41) is 8.36. The van der Waals surface area contributed by atoms with Gasteiger partial charge in [-0.05, 0) is 43.9 Å². The molecule has 2 saturated heterocycles. The fourth-order valence-corrected chi connectivity index (χ4v) is 4.16. The number of aromatic nitrogens is 3. The lowest BCUT2D eigenvalue weighted by atomic mass is 10.0. The van der Waals surface area contributed by atoms with Gasteiger partial charge in [-0.1, -0.05) is 17.3 Å². The molecule has 1 atom stereocenters. The first kappa shape index (κ1) is 20.0. The zero-order valence-corrected chi connectivity index (χ0v) is 16.8. The Kier molecular flexibility index (Phi) is 6.20. The van der Waals surface area contributed by atoms with Crippen LogP contribution in [0.3, 0.4) is 0 Å². The molecule has 0 unspecified atom stereocenters. The van der Waals surface area contributed by atoms with Crippen molar-refractivity contribution < 1.29 is 13.9 Å². The van der Waals surface area contributed by atoms with Crippen molar-refractivity contribution in [1.82, 2.24) is 24.8 Å². The fourth-order valence-electron chi connectivity index (χ4n) is 4.16. The maximum Gasteiger partial charge on any atom is 0.276 e. The SMILES string of the molecule is C[C@H](Cc1ccc(F)cc1)N1CCC(n2cc(C(=O)N3CCOCC3)nn2)CC1. The summed E-state index contributed by atoms with van der Waals surface area (Å²) in [6.45, 7) is 6.53. The number of likely N-dealkylation sites (tertiary alicyclic amines) is 1. The van der Waals surface area contributed by atoms with Crippen LogP contribution < -0.4 is 0 Å². The molecule has 2 fully saturated rings. The lowest BCUT2D eigenvalue weighted by Crippen LogP contribution is -2.41. The zero-order chi connectivity index (χ0) is 20.2. The topological polar surface area (TPSA) is 63.5 Å². The minimum Gasteiger partial charge on any atom is -0.378 e. The van der Waals surface area contributed by atoms with Crippen molar-refractivity contribution in [2.75, 3.05) is 39.4 Å². The molecule has 7 nitrogen and oxygen atoms in total. The molecule has 156 valence electrons. The van der Waals surface area contributed by atoms with Crippen LogP contribution in [0.5, 0.6) is 0 Å². The first-order valence-corrected chi connectivity index (χ1v) is 10.4. The van der Waals surface area contributed by atoms with E-state index in [4.69, 9.17) is 4.74 Å². The normalized spacial score (nSPS) is 20.0. The van der Waals surface area contributed by atoms with Crippen LogP contribution >= 0.6 is 0 Å². The standard InChI is InChI=1S/C21H28FN5O2/c1-16(14-17-2-4-18(22)5-3-17)25-8-6-19(7-9-25)27-15-20(23-24-27)21(28)26-10-12-29-13-11-26/h2-5,15-16,19H,6-14H2,1H3/t16-/m1/s1. The zero-order valence-electron chi connectivity index (χ0n) is 16.8. The lowest BCUT2D eigenvalue weighted by Gasteiger charge is -2.36. The van der Waals surface area contributed by atoms with Crippen LogP contribution in [0.2, 0.25) is 0 Å². The van der Waals surface area contributed by atoms with E-state index in [-0.39, 0.29) is 17.8 Å². The van der Waals surface area contributed by atoms with Crippen molar-refractivity contribution in [2.45, 2.75) is 38.3 Å². The smallest absolute Gasteiger partial charge is 0.276 e. The van der Waals surface area contributed by atoms with Gasteiger partial charge in [0, 0.05) is 32.2 Å². The monoisotopic (exact) mass is 401 g/mol. The molecule has 2 aliphatic heterocycles. The second-order valence-electron chi connectivity index (χ2n) is 7.94. The Morgan fingerprint density at radius 2 is 1.86 bits per heavy atom. The number of rotatable bonds is 5. The first-order chi connectivity index (χ1) is 14.1. The van der Waals surface area contributed by atoms with E-state index < -0.39 is 0 Å². The van der Waals surface area contributed by atoms with Crippen molar-refractivity contribution in [3.8, 4) is 0 Å². The highest BCUT2D eigenvalue weighted by atomic mass is 19.1. The first-order valence-electron chi connectivity index (χ1n) is 10.4. The van der Waals surface area contributed by atoms with Crippen LogP contribution in [0.1, 0.15) is 41.9 Å². The van der Waals surface area contributed by atoms with Crippen molar-refractivity contribution in [3.05, 3.63) is 47.5 Å². The summed E-state index contributed by atoms with van der Waals surface area (Å²) >= 11 is 0. The van der Waals surface area contributed by atoms with Gasteiger partial charge in [0.15, 0.2) is 5.69 Å². The maximum absolute atomic E-state index is 13.1. The Labute approximate surface area is 170 Å². The summed E-state index contributed by atoms with van der Waals surface area (Å²) in [5.41, 5.74) is 1.57. The number of benzene rings is 1. The average molecular weight is 401 g/mol. The highest BCUT2D eigenvalue weighted by molar-refractivity contribution is 5.92. The molecule has 2 aromatic rings. The van der Waals surface area contributed by atoms with E-state index in [0.717, 1.165) is 37.9 Å². The van der Waals surface area contributed by atoms with Gasteiger partial charge in [-0.2, -0.15) is 0 Å². The molecule has 1 aromatic heterocycles. The van der Waals surface area contributed by atoms with E-state index in [1.165, 1.54) is 12.1 Å². The molecule has 0 bridgehead atoms. The molecular formula is C21H28FN5O2. The number of amides is 1. The van der Waals surface area contributed by atoms with Gasteiger partial charge in [-0.15, -0.1) is 5.10 Å². The number of piperidine rings is 1. The van der Waals surface area contributed by atoms with Crippen molar-refractivity contribution in [3.63, 3.8) is 0 Å². The third kappa shape index (κ3) is 4.82. The average Bonchev–Trinajstić information content (AvgIpc) is 3.26. The summed E-state index contributed by atoms with van der Waals surface area (Å²) in [4.78, 5) is 16.8. The minimum atomic E-state index is -0.193. The lowest BCUT2D eigenvalue weighted by molar-refractivity contribution is 0.0299. The number of ether oxygens (including phenoxy) is 1. The fraction of sp³-hybridized carbons (Fsp3) is 0.571. The number of hydrogen-bond donors (Lipinski definition) is 0. The quantitative estimate of drug-likeness (QED) is 0.768. The van der Waals surface area contributed by atoms with Gasteiger partial charge < -0.3 is 14.5 Å². The van der Waals surface area contributed by atoms with E-state index in [2.05, 4.69) is 22.1 Å². The molecule has 0 radical (unpaired) electrons.